The van der Waals surface area contributed by atoms with Crippen molar-refractivity contribution in [2.45, 2.75) is 0 Å². The van der Waals surface area contributed by atoms with Gasteiger partial charge in [0.25, 0.3) is 5.91 Å². The number of carbonyl (C=O) groups is 1. The summed E-state index contributed by atoms with van der Waals surface area (Å²) >= 11 is 7.79. The number of hydrogen-bond acceptors (Lipinski definition) is 4. The minimum absolute atomic E-state index is 0.121. The highest BCUT2D eigenvalue weighted by Crippen LogP contribution is 2.33. The Hall–Kier alpha value is -1.45. The van der Waals surface area contributed by atoms with E-state index in [1.165, 1.54) is 23.5 Å². The Morgan fingerprint density at radius 2 is 2.14 bits per heavy atom. The number of nitrogens with two attached hydrogens (primary N) is 1. The minimum atomic E-state index is -0.698. The molecule has 1 heterocycles. The van der Waals surface area contributed by atoms with Crippen LogP contribution in [0.3, 0.4) is 0 Å². The molecule has 0 fully saturated rings. The molecule has 0 aliphatic rings. The Kier molecular flexibility index (Phi) is 4.96. The molecule has 9 heteroatoms. The van der Waals surface area contributed by atoms with Gasteiger partial charge in [-0.2, -0.15) is 0 Å². The Morgan fingerprint density at radius 1 is 1.43 bits per heavy atom. The van der Waals surface area contributed by atoms with Crippen molar-refractivity contribution in [3.05, 3.63) is 48.8 Å². The smallest absolute Gasteiger partial charge is 0.265 e. The van der Waals surface area contributed by atoms with Crippen LogP contribution in [-0.4, -0.2) is 17.0 Å². The van der Waals surface area contributed by atoms with Gasteiger partial charge in [0.1, 0.15) is 5.82 Å². The van der Waals surface area contributed by atoms with Crippen molar-refractivity contribution in [3.63, 3.8) is 0 Å². The second-order valence-electron chi connectivity index (χ2n) is 3.83. The largest absolute Gasteiger partial charge is 0.409 e. The molecule has 0 bridgehead atoms. The molecule has 0 unspecified atom stereocenters. The zero-order valence-electron chi connectivity index (χ0n) is 10.2. The monoisotopic (exact) mass is 435 g/mol. The lowest BCUT2D eigenvalue weighted by molar-refractivity contribution is 0.103. The zero-order valence-corrected chi connectivity index (χ0v) is 14.2. The molecule has 4 N–H and O–H groups in total. The van der Waals surface area contributed by atoms with Crippen molar-refractivity contribution < 1.29 is 14.4 Å². The van der Waals surface area contributed by atoms with Crippen LogP contribution >= 0.6 is 43.2 Å². The van der Waals surface area contributed by atoms with E-state index in [4.69, 9.17) is 10.9 Å². The van der Waals surface area contributed by atoms with E-state index in [0.29, 0.717) is 4.88 Å². The Labute approximate surface area is 139 Å². The molecule has 2 aromatic rings. The highest BCUT2D eigenvalue weighted by atomic mass is 79.9. The molecule has 0 aliphatic carbocycles. The van der Waals surface area contributed by atoms with Gasteiger partial charge in [0.2, 0.25) is 0 Å². The van der Waals surface area contributed by atoms with Gasteiger partial charge in [-0.25, -0.2) is 4.39 Å². The molecule has 0 saturated heterocycles. The molecule has 0 radical (unpaired) electrons. The third-order valence-electron chi connectivity index (χ3n) is 2.49. The molecule has 5 nitrogen and oxygen atoms in total. The fraction of sp³-hybridized carbons (Fsp3) is 0. The van der Waals surface area contributed by atoms with E-state index in [1.807, 2.05) is 0 Å². The van der Waals surface area contributed by atoms with Gasteiger partial charge in [-0.05, 0) is 50.1 Å². The van der Waals surface area contributed by atoms with Crippen LogP contribution < -0.4 is 11.1 Å². The molecule has 0 saturated carbocycles. The number of hydrogen-bond donors (Lipinski definition) is 3. The average Bonchev–Trinajstić information content (AvgIpc) is 2.78. The topological polar surface area (TPSA) is 87.7 Å². The first-order valence-corrected chi connectivity index (χ1v) is 7.87. The number of nitrogens with zero attached hydrogens (tertiary/aromatic N) is 1. The van der Waals surface area contributed by atoms with Crippen LogP contribution in [0.25, 0.3) is 0 Å². The summed E-state index contributed by atoms with van der Waals surface area (Å²) in [5.41, 5.74) is 5.39. The Bertz CT molecular complexity index is 714. The number of thiophene rings is 1. The number of benzene rings is 1. The number of amidine groups is 1. The van der Waals surface area contributed by atoms with E-state index in [1.54, 1.807) is 6.07 Å². The van der Waals surface area contributed by atoms with E-state index < -0.39 is 17.6 Å². The molecule has 0 atom stereocenters. The highest BCUT2D eigenvalue weighted by molar-refractivity contribution is 9.13. The molecule has 21 heavy (non-hydrogen) atoms. The van der Waals surface area contributed by atoms with Crippen LogP contribution in [0.15, 0.2) is 37.7 Å². The zero-order chi connectivity index (χ0) is 15.6. The number of carbonyl (C=O) groups excluding carboxylic acids is 1. The molecule has 1 aromatic heterocycles. The maximum Gasteiger partial charge on any atom is 0.265 e. The second kappa shape index (κ2) is 6.54. The van der Waals surface area contributed by atoms with Crippen LogP contribution in [0, 0.1) is 5.82 Å². The van der Waals surface area contributed by atoms with Crippen molar-refractivity contribution in [3.8, 4) is 0 Å². The van der Waals surface area contributed by atoms with Crippen molar-refractivity contribution in [2.75, 3.05) is 5.32 Å². The number of halogens is 3. The number of nitrogens with one attached hydrogen (secondary N) is 1. The fourth-order valence-electron chi connectivity index (χ4n) is 1.58. The first kappa shape index (κ1) is 15.9. The van der Waals surface area contributed by atoms with Crippen LogP contribution in [0.4, 0.5) is 10.1 Å². The Balaban J connectivity index is 2.36. The summed E-state index contributed by atoms with van der Waals surface area (Å²) in [5, 5.41) is 14.0. The summed E-state index contributed by atoms with van der Waals surface area (Å²) < 4.78 is 15.3. The first-order chi connectivity index (χ1) is 9.93. The van der Waals surface area contributed by atoms with Crippen LogP contribution in [0.1, 0.15) is 15.2 Å². The summed E-state index contributed by atoms with van der Waals surface area (Å²) in [4.78, 5) is 12.6. The van der Waals surface area contributed by atoms with Crippen LogP contribution in [0.2, 0.25) is 0 Å². The van der Waals surface area contributed by atoms with E-state index in [9.17, 15) is 9.18 Å². The molecular weight excluding hydrogens is 429 g/mol. The van der Waals surface area contributed by atoms with E-state index >= 15 is 0 Å². The summed E-state index contributed by atoms with van der Waals surface area (Å²) in [6.45, 7) is 0. The van der Waals surface area contributed by atoms with Crippen LogP contribution in [-0.2, 0) is 0 Å². The van der Waals surface area contributed by atoms with Crippen molar-refractivity contribution in [2.24, 2.45) is 10.9 Å². The lowest BCUT2D eigenvalue weighted by Gasteiger charge is -2.10. The fourth-order valence-corrected chi connectivity index (χ4v) is 3.51. The van der Waals surface area contributed by atoms with Crippen molar-refractivity contribution in [1.82, 2.24) is 0 Å². The SMILES string of the molecule is N/C(=N/O)c1c(F)cccc1NC(=O)c1cc(Br)c(Br)s1. The second-order valence-corrected chi connectivity index (χ2v) is 7.06. The van der Waals surface area contributed by atoms with Gasteiger partial charge in [0.15, 0.2) is 5.84 Å². The normalized spacial score (nSPS) is 11.5. The maximum atomic E-state index is 13.8. The molecule has 110 valence electrons. The number of rotatable bonds is 3. The Morgan fingerprint density at radius 3 is 2.71 bits per heavy atom. The summed E-state index contributed by atoms with van der Waals surface area (Å²) in [5.74, 6) is -1.54. The average molecular weight is 437 g/mol. The van der Waals surface area contributed by atoms with Crippen LogP contribution in [0.5, 0.6) is 0 Å². The predicted molar refractivity (Wildman–Crippen MR) is 86.6 cm³/mol. The van der Waals surface area contributed by atoms with Crippen molar-refractivity contribution >= 4 is 60.6 Å². The molecule has 0 aliphatic heterocycles. The van der Waals surface area contributed by atoms with E-state index in [2.05, 4.69) is 42.3 Å². The van der Waals surface area contributed by atoms with Gasteiger partial charge in [0.05, 0.1) is 19.9 Å². The van der Waals surface area contributed by atoms with Gasteiger partial charge < -0.3 is 16.3 Å². The van der Waals surface area contributed by atoms with E-state index in [0.717, 1.165) is 14.3 Å². The number of amides is 1. The van der Waals surface area contributed by atoms with Gasteiger partial charge in [-0.3, -0.25) is 4.79 Å². The number of anilines is 1. The van der Waals surface area contributed by atoms with E-state index in [-0.39, 0.29) is 11.3 Å². The summed E-state index contributed by atoms with van der Waals surface area (Å²) in [6, 6.07) is 5.67. The standard InChI is InChI=1S/C12H8Br2FN3O2S/c13-5-4-8(21-10(5)14)12(19)17-7-3-1-2-6(15)9(7)11(16)18-20/h1-4,20H,(H2,16,18)(H,17,19). The van der Waals surface area contributed by atoms with Gasteiger partial charge >= 0.3 is 0 Å². The quantitative estimate of drug-likeness (QED) is 0.296. The van der Waals surface area contributed by atoms with Crippen molar-refractivity contribution in [1.29, 1.82) is 0 Å². The maximum absolute atomic E-state index is 13.8. The van der Waals surface area contributed by atoms with Gasteiger partial charge in [-0.15, -0.1) is 11.3 Å². The summed E-state index contributed by atoms with van der Waals surface area (Å²) in [7, 11) is 0. The molecular formula is C12H8Br2FN3O2S. The lowest BCUT2D eigenvalue weighted by Crippen LogP contribution is -2.20. The lowest BCUT2D eigenvalue weighted by atomic mass is 10.1. The minimum Gasteiger partial charge on any atom is -0.409 e. The highest BCUT2D eigenvalue weighted by Gasteiger charge is 2.17. The molecule has 2 rings (SSSR count). The van der Waals surface area contributed by atoms with Gasteiger partial charge in [-0.1, -0.05) is 11.2 Å². The summed E-state index contributed by atoms with van der Waals surface area (Å²) in [6.07, 6.45) is 0. The number of oxime groups is 1. The first-order valence-electron chi connectivity index (χ1n) is 5.46. The third-order valence-corrected chi connectivity index (χ3v) is 5.75. The third kappa shape index (κ3) is 3.42. The molecule has 1 amide bonds. The molecule has 0 spiro atoms. The molecule has 1 aromatic carbocycles. The predicted octanol–water partition coefficient (Wildman–Crippen LogP) is 3.76. The van der Waals surface area contributed by atoms with Gasteiger partial charge in [0, 0.05) is 4.47 Å².